The SMILES string of the molecule is O=C1NC(O)(c2ccsc2)c2ccccc21. The summed E-state index contributed by atoms with van der Waals surface area (Å²) in [6.45, 7) is 0. The molecule has 3 rings (SSSR count). The quantitative estimate of drug-likeness (QED) is 0.784. The van der Waals surface area contributed by atoms with E-state index >= 15 is 0 Å². The summed E-state index contributed by atoms with van der Waals surface area (Å²) in [6, 6.07) is 8.90. The van der Waals surface area contributed by atoms with Crippen LogP contribution in [0.3, 0.4) is 0 Å². The van der Waals surface area contributed by atoms with Crippen molar-refractivity contribution >= 4 is 17.2 Å². The van der Waals surface area contributed by atoms with Crippen LogP contribution in [0.25, 0.3) is 0 Å². The highest BCUT2D eigenvalue weighted by Gasteiger charge is 2.42. The lowest BCUT2D eigenvalue weighted by molar-refractivity contribution is 0.0479. The van der Waals surface area contributed by atoms with Crippen molar-refractivity contribution in [2.24, 2.45) is 0 Å². The highest BCUT2D eigenvalue weighted by molar-refractivity contribution is 7.08. The monoisotopic (exact) mass is 231 g/mol. The van der Waals surface area contributed by atoms with Gasteiger partial charge in [0.2, 0.25) is 0 Å². The maximum atomic E-state index is 11.7. The molecule has 0 bridgehead atoms. The highest BCUT2D eigenvalue weighted by Crippen LogP contribution is 2.35. The number of benzene rings is 1. The lowest BCUT2D eigenvalue weighted by atomic mass is 9.97. The fourth-order valence-electron chi connectivity index (χ4n) is 1.99. The third kappa shape index (κ3) is 1.14. The van der Waals surface area contributed by atoms with Crippen molar-refractivity contribution in [1.29, 1.82) is 0 Å². The van der Waals surface area contributed by atoms with Crippen LogP contribution in [-0.4, -0.2) is 11.0 Å². The molecule has 80 valence electrons. The average Bonchev–Trinajstić information content (AvgIpc) is 2.89. The normalized spacial score (nSPS) is 22.9. The molecule has 0 radical (unpaired) electrons. The van der Waals surface area contributed by atoms with Crippen LogP contribution in [0.4, 0.5) is 0 Å². The first kappa shape index (κ1) is 9.57. The van der Waals surface area contributed by atoms with Crippen LogP contribution in [0.15, 0.2) is 41.1 Å². The van der Waals surface area contributed by atoms with Crippen molar-refractivity contribution < 1.29 is 9.90 Å². The number of aliphatic hydroxyl groups is 1. The summed E-state index contributed by atoms with van der Waals surface area (Å²) in [5, 5.41) is 16.9. The molecule has 1 aliphatic rings. The van der Waals surface area contributed by atoms with Crippen molar-refractivity contribution in [2.45, 2.75) is 5.72 Å². The van der Waals surface area contributed by atoms with Crippen molar-refractivity contribution in [3.05, 3.63) is 57.8 Å². The Morgan fingerprint density at radius 2 is 2.06 bits per heavy atom. The van der Waals surface area contributed by atoms with Crippen LogP contribution in [0.1, 0.15) is 21.5 Å². The number of fused-ring (bicyclic) bond motifs is 1. The average molecular weight is 231 g/mol. The van der Waals surface area contributed by atoms with Gasteiger partial charge in [0.1, 0.15) is 0 Å². The standard InChI is InChI=1S/C12H9NO2S/c14-11-9-3-1-2-4-10(9)12(15,13-11)8-5-6-16-7-8/h1-7,15H,(H,13,14). The minimum atomic E-state index is -1.37. The van der Waals surface area contributed by atoms with E-state index in [-0.39, 0.29) is 5.91 Å². The first-order chi connectivity index (χ1) is 7.72. The van der Waals surface area contributed by atoms with Gasteiger partial charge in [0, 0.05) is 16.7 Å². The molecule has 1 aromatic heterocycles. The number of nitrogens with one attached hydrogen (secondary N) is 1. The van der Waals surface area contributed by atoms with Gasteiger partial charge in [-0.25, -0.2) is 0 Å². The molecule has 1 unspecified atom stereocenters. The van der Waals surface area contributed by atoms with E-state index in [1.54, 1.807) is 18.2 Å². The maximum Gasteiger partial charge on any atom is 0.254 e. The third-order valence-corrected chi connectivity index (χ3v) is 3.48. The smallest absolute Gasteiger partial charge is 0.254 e. The summed E-state index contributed by atoms with van der Waals surface area (Å²) in [6.07, 6.45) is 0. The number of rotatable bonds is 1. The molecule has 0 fully saturated rings. The van der Waals surface area contributed by atoms with Gasteiger partial charge in [0.05, 0.1) is 0 Å². The number of thiophene rings is 1. The summed E-state index contributed by atoms with van der Waals surface area (Å²) >= 11 is 1.49. The summed E-state index contributed by atoms with van der Waals surface area (Å²) in [4.78, 5) is 11.7. The molecule has 1 aliphatic heterocycles. The van der Waals surface area contributed by atoms with Crippen molar-refractivity contribution in [2.75, 3.05) is 0 Å². The Labute approximate surface area is 96.4 Å². The number of hydrogen-bond donors (Lipinski definition) is 2. The largest absolute Gasteiger partial charge is 0.363 e. The van der Waals surface area contributed by atoms with Gasteiger partial charge in [0.25, 0.3) is 5.91 Å². The minimum Gasteiger partial charge on any atom is -0.363 e. The van der Waals surface area contributed by atoms with E-state index in [1.165, 1.54) is 11.3 Å². The molecular weight excluding hydrogens is 222 g/mol. The summed E-state index contributed by atoms with van der Waals surface area (Å²) in [5.74, 6) is -0.232. The van der Waals surface area contributed by atoms with Crippen molar-refractivity contribution in [1.82, 2.24) is 5.32 Å². The van der Waals surface area contributed by atoms with Gasteiger partial charge in [-0.15, -0.1) is 0 Å². The molecule has 0 spiro atoms. The second-order valence-corrected chi connectivity index (χ2v) is 4.50. The van der Waals surface area contributed by atoms with Crippen LogP contribution < -0.4 is 5.32 Å². The van der Waals surface area contributed by atoms with E-state index in [9.17, 15) is 9.90 Å². The number of amides is 1. The zero-order valence-electron chi connectivity index (χ0n) is 8.31. The van der Waals surface area contributed by atoms with E-state index in [0.717, 1.165) is 0 Å². The van der Waals surface area contributed by atoms with Crippen LogP contribution in [0.2, 0.25) is 0 Å². The Hall–Kier alpha value is -1.65. The highest BCUT2D eigenvalue weighted by atomic mass is 32.1. The lowest BCUT2D eigenvalue weighted by Gasteiger charge is -2.22. The van der Waals surface area contributed by atoms with Gasteiger partial charge in [-0.2, -0.15) is 11.3 Å². The molecule has 1 atom stereocenters. The number of carbonyl (C=O) groups excluding carboxylic acids is 1. The first-order valence-corrected chi connectivity index (χ1v) is 5.83. The third-order valence-electron chi connectivity index (χ3n) is 2.79. The molecular formula is C12H9NO2S. The Bertz CT molecular complexity index is 550. The summed E-state index contributed by atoms with van der Waals surface area (Å²) in [7, 11) is 0. The second-order valence-electron chi connectivity index (χ2n) is 3.72. The Morgan fingerprint density at radius 1 is 1.25 bits per heavy atom. The Morgan fingerprint density at radius 3 is 2.81 bits per heavy atom. The van der Waals surface area contributed by atoms with Crippen LogP contribution >= 0.6 is 11.3 Å². The molecule has 2 heterocycles. The molecule has 3 nitrogen and oxygen atoms in total. The lowest BCUT2D eigenvalue weighted by Crippen LogP contribution is -2.39. The van der Waals surface area contributed by atoms with Gasteiger partial charge in [-0.1, -0.05) is 18.2 Å². The fourth-order valence-corrected chi connectivity index (χ4v) is 2.69. The zero-order valence-corrected chi connectivity index (χ0v) is 9.12. The molecule has 4 heteroatoms. The minimum absolute atomic E-state index is 0.232. The molecule has 2 aromatic rings. The number of hydrogen-bond acceptors (Lipinski definition) is 3. The molecule has 16 heavy (non-hydrogen) atoms. The van der Waals surface area contributed by atoms with E-state index < -0.39 is 5.72 Å². The molecule has 0 aliphatic carbocycles. The zero-order chi connectivity index (χ0) is 11.2. The van der Waals surface area contributed by atoms with E-state index in [1.807, 2.05) is 22.9 Å². The predicted molar refractivity (Wildman–Crippen MR) is 61.2 cm³/mol. The van der Waals surface area contributed by atoms with Crippen LogP contribution in [0, 0.1) is 0 Å². The second kappa shape index (κ2) is 3.17. The maximum absolute atomic E-state index is 11.7. The Kier molecular flexibility index (Phi) is 1.89. The topological polar surface area (TPSA) is 49.3 Å². The van der Waals surface area contributed by atoms with Crippen LogP contribution in [-0.2, 0) is 5.72 Å². The van der Waals surface area contributed by atoms with Crippen molar-refractivity contribution in [3.63, 3.8) is 0 Å². The molecule has 0 saturated heterocycles. The fraction of sp³-hybridized carbons (Fsp3) is 0.0833. The van der Waals surface area contributed by atoms with E-state index in [4.69, 9.17) is 0 Å². The predicted octanol–water partition coefficient (Wildman–Crippen LogP) is 1.68. The van der Waals surface area contributed by atoms with E-state index in [0.29, 0.717) is 16.7 Å². The molecule has 1 aromatic carbocycles. The number of carbonyl (C=O) groups is 1. The van der Waals surface area contributed by atoms with E-state index in [2.05, 4.69) is 5.32 Å². The molecule has 1 amide bonds. The summed E-state index contributed by atoms with van der Waals surface area (Å²) < 4.78 is 0. The molecule has 2 N–H and O–H groups in total. The van der Waals surface area contributed by atoms with Gasteiger partial charge in [0.15, 0.2) is 5.72 Å². The summed E-state index contributed by atoms with van der Waals surface area (Å²) in [5.41, 5.74) is 0.499. The van der Waals surface area contributed by atoms with Gasteiger partial charge in [-0.3, -0.25) is 4.79 Å². The molecule has 0 saturated carbocycles. The van der Waals surface area contributed by atoms with Gasteiger partial charge in [-0.05, 0) is 22.9 Å². The van der Waals surface area contributed by atoms with Gasteiger partial charge < -0.3 is 10.4 Å². The first-order valence-electron chi connectivity index (χ1n) is 4.89. The van der Waals surface area contributed by atoms with Crippen LogP contribution in [0.5, 0.6) is 0 Å². The Balaban J connectivity index is 2.23. The van der Waals surface area contributed by atoms with Crippen molar-refractivity contribution in [3.8, 4) is 0 Å². The van der Waals surface area contributed by atoms with Gasteiger partial charge >= 0.3 is 0 Å².